The van der Waals surface area contributed by atoms with Gasteiger partial charge in [0.05, 0.1) is 11.7 Å². The molecule has 126 valence electrons. The number of amides is 1. The molecule has 2 heterocycles. The predicted molar refractivity (Wildman–Crippen MR) is 92.7 cm³/mol. The van der Waals surface area contributed by atoms with Gasteiger partial charge in [0, 0.05) is 30.7 Å². The molecule has 1 aromatic carbocycles. The average molecular weight is 326 g/mol. The maximum atomic E-state index is 12.8. The van der Waals surface area contributed by atoms with E-state index in [0.717, 1.165) is 22.2 Å². The third kappa shape index (κ3) is 3.05. The predicted octanol–water partition coefficient (Wildman–Crippen LogP) is 2.72. The van der Waals surface area contributed by atoms with Crippen LogP contribution in [0, 0.1) is 0 Å². The standard InChI is InChI=1S/C18H22N4O2/c1-12(15-9-10-19-22(15)4)20-18(23)17-14(11-21(2)3)13-7-5-6-8-16(13)24-17/h5-10,12H,11H2,1-4H3,(H,20,23). The van der Waals surface area contributed by atoms with Gasteiger partial charge in [-0.3, -0.25) is 9.48 Å². The van der Waals surface area contributed by atoms with E-state index in [4.69, 9.17) is 4.42 Å². The smallest absolute Gasteiger partial charge is 0.287 e. The topological polar surface area (TPSA) is 63.3 Å². The Bertz CT molecular complexity index is 863. The van der Waals surface area contributed by atoms with E-state index >= 15 is 0 Å². The molecule has 1 amide bonds. The molecule has 0 saturated carbocycles. The van der Waals surface area contributed by atoms with Crippen molar-refractivity contribution in [2.75, 3.05) is 14.1 Å². The van der Waals surface area contributed by atoms with Crippen molar-refractivity contribution >= 4 is 16.9 Å². The van der Waals surface area contributed by atoms with E-state index in [1.165, 1.54) is 0 Å². The number of para-hydroxylation sites is 1. The number of carbonyl (C=O) groups excluding carboxylic acids is 1. The molecule has 0 bridgehead atoms. The van der Waals surface area contributed by atoms with Gasteiger partial charge in [-0.2, -0.15) is 5.10 Å². The Morgan fingerprint density at radius 1 is 1.33 bits per heavy atom. The van der Waals surface area contributed by atoms with Gasteiger partial charge < -0.3 is 14.6 Å². The van der Waals surface area contributed by atoms with Crippen LogP contribution in [0.25, 0.3) is 11.0 Å². The normalized spacial score (nSPS) is 12.7. The number of nitrogens with zero attached hydrogens (tertiary/aromatic N) is 3. The van der Waals surface area contributed by atoms with Crippen molar-refractivity contribution in [3.63, 3.8) is 0 Å². The van der Waals surface area contributed by atoms with Crippen LogP contribution in [0.2, 0.25) is 0 Å². The van der Waals surface area contributed by atoms with Crippen molar-refractivity contribution in [3.05, 3.63) is 53.5 Å². The molecule has 0 radical (unpaired) electrons. The number of aryl methyl sites for hydroxylation is 1. The lowest BCUT2D eigenvalue weighted by Gasteiger charge is -2.15. The van der Waals surface area contributed by atoms with Crippen molar-refractivity contribution in [2.24, 2.45) is 7.05 Å². The van der Waals surface area contributed by atoms with E-state index in [1.807, 2.05) is 63.3 Å². The summed E-state index contributed by atoms with van der Waals surface area (Å²) in [6.45, 7) is 2.57. The van der Waals surface area contributed by atoms with Crippen LogP contribution in [0.5, 0.6) is 0 Å². The van der Waals surface area contributed by atoms with E-state index in [-0.39, 0.29) is 11.9 Å². The fraction of sp³-hybridized carbons (Fsp3) is 0.333. The van der Waals surface area contributed by atoms with E-state index in [0.29, 0.717) is 12.3 Å². The Labute approximate surface area is 141 Å². The van der Waals surface area contributed by atoms with Crippen molar-refractivity contribution < 1.29 is 9.21 Å². The minimum Gasteiger partial charge on any atom is -0.451 e. The number of nitrogens with one attached hydrogen (secondary N) is 1. The van der Waals surface area contributed by atoms with Gasteiger partial charge in [-0.1, -0.05) is 18.2 Å². The first kappa shape index (κ1) is 16.3. The van der Waals surface area contributed by atoms with E-state index < -0.39 is 0 Å². The van der Waals surface area contributed by atoms with Crippen molar-refractivity contribution in [3.8, 4) is 0 Å². The summed E-state index contributed by atoms with van der Waals surface area (Å²) in [7, 11) is 5.81. The number of rotatable bonds is 5. The lowest BCUT2D eigenvalue weighted by atomic mass is 10.1. The first-order chi connectivity index (χ1) is 11.5. The molecule has 0 aliphatic carbocycles. The number of fused-ring (bicyclic) bond motifs is 1. The number of aromatic nitrogens is 2. The Balaban J connectivity index is 1.93. The van der Waals surface area contributed by atoms with Crippen molar-refractivity contribution in [1.82, 2.24) is 20.0 Å². The molecule has 2 aromatic heterocycles. The minimum absolute atomic E-state index is 0.162. The molecule has 1 unspecified atom stereocenters. The molecule has 0 saturated heterocycles. The van der Waals surface area contributed by atoms with E-state index in [2.05, 4.69) is 10.4 Å². The number of furan rings is 1. The van der Waals surface area contributed by atoms with Crippen LogP contribution in [0.4, 0.5) is 0 Å². The molecule has 0 spiro atoms. The number of hydrogen-bond donors (Lipinski definition) is 1. The Kier molecular flexibility index (Phi) is 4.40. The van der Waals surface area contributed by atoms with Crippen LogP contribution in [0.3, 0.4) is 0 Å². The molecule has 0 aliphatic rings. The zero-order valence-electron chi connectivity index (χ0n) is 14.4. The summed E-state index contributed by atoms with van der Waals surface area (Å²) < 4.78 is 7.60. The fourth-order valence-corrected chi connectivity index (χ4v) is 2.90. The third-order valence-corrected chi connectivity index (χ3v) is 4.03. The number of hydrogen-bond acceptors (Lipinski definition) is 4. The molecule has 6 nitrogen and oxygen atoms in total. The summed E-state index contributed by atoms with van der Waals surface area (Å²) in [6.07, 6.45) is 1.72. The number of benzene rings is 1. The first-order valence-electron chi connectivity index (χ1n) is 7.91. The first-order valence-corrected chi connectivity index (χ1v) is 7.91. The lowest BCUT2D eigenvalue weighted by molar-refractivity contribution is 0.0910. The SMILES string of the molecule is CC(NC(=O)c1oc2ccccc2c1CN(C)C)c1ccnn1C. The minimum atomic E-state index is -0.211. The highest BCUT2D eigenvalue weighted by atomic mass is 16.3. The van der Waals surface area contributed by atoms with Gasteiger partial charge in [-0.25, -0.2) is 0 Å². The van der Waals surface area contributed by atoms with Gasteiger partial charge in [0.25, 0.3) is 5.91 Å². The monoisotopic (exact) mass is 326 g/mol. The molecule has 3 rings (SSSR count). The largest absolute Gasteiger partial charge is 0.451 e. The molecule has 1 atom stereocenters. The summed E-state index contributed by atoms with van der Waals surface area (Å²) in [5.41, 5.74) is 2.58. The molecular weight excluding hydrogens is 304 g/mol. The molecule has 0 aliphatic heterocycles. The zero-order chi connectivity index (χ0) is 17.3. The molecular formula is C18H22N4O2. The highest BCUT2D eigenvalue weighted by Gasteiger charge is 2.23. The van der Waals surface area contributed by atoms with Gasteiger partial charge in [-0.15, -0.1) is 0 Å². The van der Waals surface area contributed by atoms with Crippen LogP contribution in [-0.4, -0.2) is 34.7 Å². The van der Waals surface area contributed by atoms with Crippen LogP contribution >= 0.6 is 0 Å². The molecule has 6 heteroatoms. The highest BCUT2D eigenvalue weighted by molar-refractivity contribution is 5.99. The number of carbonyl (C=O) groups is 1. The van der Waals surface area contributed by atoms with E-state index in [9.17, 15) is 4.79 Å². The van der Waals surface area contributed by atoms with Crippen LogP contribution in [0.15, 0.2) is 40.9 Å². The van der Waals surface area contributed by atoms with Crippen molar-refractivity contribution in [2.45, 2.75) is 19.5 Å². The molecule has 0 fully saturated rings. The summed E-state index contributed by atoms with van der Waals surface area (Å²) in [4.78, 5) is 14.8. The summed E-state index contributed by atoms with van der Waals surface area (Å²) in [5, 5.41) is 8.12. The highest BCUT2D eigenvalue weighted by Crippen LogP contribution is 2.27. The summed E-state index contributed by atoms with van der Waals surface area (Å²) in [6, 6.07) is 9.46. The van der Waals surface area contributed by atoms with E-state index in [1.54, 1.807) is 10.9 Å². The second-order valence-corrected chi connectivity index (χ2v) is 6.22. The Morgan fingerprint density at radius 2 is 2.08 bits per heavy atom. The van der Waals surface area contributed by atoms with Gasteiger partial charge >= 0.3 is 0 Å². The third-order valence-electron chi connectivity index (χ3n) is 4.03. The zero-order valence-corrected chi connectivity index (χ0v) is 14.4. The average Bonchev–Trinajstić information content (AvgIpc) is 3.11. The van der Waals surface area contributed by atoms with Crippen LogP contribution in [0.1, 0.15) is 34.8 Å². The van der Waals surface area contributed by atoms with Gasteiger partial charge in [0.2, 0.25) is 0 Å². The Hall–Kier alpha value is -2.60. The van der Waals surface area contributed by atoms with Gasteiger partial charge in [0.1, 0.15) is 5.58 Å². The van der Waals surface area contributed by atoms with Gasteiger partial charge in [-0.05, 0) is 33.2 Å². The lowest BCUT2D eigenvalue weighted by Crippen LogP contribution is -2.29. The van der Waals surface area contributed by atoms with Crippen LogP contribution < -0.4 is 5.32 Å². The Morgan fingerprint density at radius 3 is 2.75 bits per heavy atom. The van der Waals surface area contributed by atoms with Gasteiger partial charge in [0.15, 0.2) is 5.76 Å². The molecule has 1 N–H and O–H groups in total. The van der Waals surface area contributed by atoms with Crippen LogP contribution in [-0.2, 0) is 13.6 Å². The fourth-order valence-electron chi connectivity index (χ4n) is 2.90. The van der Waals surface area contributed by atoms with Crippen molar-refractivity contribution in [1.29, 1.82) is 0 Å². The molecule has 3 aromatic rings. The second-order valence-electron chi connectivity index (χ2n) is 6.22. The second kappa shape index (κ2) is 6.49. The maximum absolute atomic E-state index is 12.8. The maximum Gasteiger partial charge on any atom is 0.287 e. The molecule has 24 heavy (non-hydrogen) atoms. The summed E-state index contributed by atoms with van der Waals surface area (Å²) in [5.74, 6) is 0.163. The quantitative estimate of drug-likeness (QED) is 0.783. The summed E-state index contributed by atoms with van der Waals surface area (Å²) >= 11 is 0.